The van der Waals surface area contributed by atoms with Crippen molar-refractivity contribution in [3.63, 3.8) is 0 Å². The number of rotatable bonds is 8. The summed E-state index contributed by atoms with van der Waals surface area (Å²) in [5, 5.41) is 0. The molecule has 0 bridgehead atoms. The van der Waals surface area contributed by atoms with E-state index in [0.717, 1.165) is 28.6 Å². The molecule has 98 valence electrons. The minimum atomic E-state index is -0.00203. The molecular weight excluding hydrogens is 262 g/mol. The molecule has 2 nitrogen and oxygen atoms in total. The lowest BCUT2D eigenvalue weighted by Gasteiger charge is -2.05. The molecule has 0 fully saturated rings. The molecule has 0 unspecified atom stereocenters. The summed E-state index contributed by atoms with van der Waals surface area (Å²) in [5.74, 6) is 2.11. The molecule has 1 aromatic rings. The first-order valence-electron chi connectivity index (χ1n) is 6.20. The van der Waals surface area contributed by atoms with Crippen LogP contribution in [0.15, 0.2) is 34.7 Å². The number of hydrogen-bond acceptors (Lipinski definition) is 4. The zero-order chi connectivity index (χ0) is 13.2. The van der Waals surface area contributed by atoms with Crippen molar-refractivity contribution in [2.45, 2.75) is 26.7 Å². The Bertz CT molecular complexity index is 380. The first kappa shape index (κ1) is 15.3. The van der Waals surface area contributed by atoms with Gasteiger partial charge in [-0.2, -0.15) is 0 Å². The van der Waals surface area contributed by atoms with E-state index < -0.39 is 0 Å². The molecule has 0 aliphatic rings. The number of allylic oxidation sites excluding steroid dienone is 1. The van der Waals surface area contributed by atoms with Gasteiger partial charge in [0.05, 0.1) is 0 Å². The molecule has 0 saturated heterocycles. The second-order valence-electron chi connectivity index (χ2n) is 3.74. The van der Waals surface area contributed by atoms with Crippen LogP contribution < -0.4 is 0 Å². The first-order valence-corrected chi connectivity index (χ1v) is 8.17. The Morgan fingerprint density at radius 3 is 2.39 bits per heavy atom. The Kier molecular flexibility index (Phi) is 7.85. The Morgan fingerprint density at radius 1 is 1.22 bits per heavy atom. The van der Waals surface area contributed by atoms with Gasteiger partial charge < -0.3 is 0 Å². The number of carbonyl (C=O) groups excluding carboxylic acids is 1. The first-order chi connectivity index (χ1) is 8.77. The Balaban J connectivity index is 2.70. The van der Waals surface area contributed by atoms with Gasteiger partial charge >= 0.3 is 0 Å². The zero-order valence-electron chi connectivity index (χ0n) is 10.9. The Labute approximate surface area is 118 Å². The van der Waals surface area contributed by atoms with E-state index in [1.165, 1.54) is 0 Å². The predicted octanol–water partition coefficient (Wildman–Crippen LogP) is 4.39. The maximum Gasteiger partial charge on any atom is 0.205 e. The molecule has 4 heteroatoms. The molecule has 18 heavy (non-hydrogen) atoms. The Morgan fingerprint density at radius 2 is 1.89 bits per heavy atom. The smallest absolute Gasteiger partial charge is 0.205 e. The predicted molar refractivity (Wildman–Crippen MR) is 82.1 cm³/mol. The fourth-order valence-corrected chi connectivity index (χ4v) is 3.24. The summed E-state index contributed by atoms with van der Waals surface area (Å²) < 4.78 is 1.11. The van der Waals surface area contributed by atoms with E-state index in [-0.39, 0.29) is 5.78 Å². The fraction of sp³-hybridized carbons (Fsp3) is 0.429. The highest BCUT2D eigenvalue weighted by Gasteiger charge is 2.06. The van der Waals surface area contributed by atoms with Crippen molar-refractivity contribution in [1.29, 1.82) is 0 Å². The number of ketones is 1. The molecule has 0 N–H and O–H groups in total. The van der Waals surface area contributed by atoms with Crippen molar-refractivity contribution < 1.29 is 4.79 Å². The van der Waals surface area contributed by atoms with Crippen LogP contribution in [0.4, 0.5) is 0 Å². The largest absolute Gasteiger partial charge is 0.287 e. The highest BCUT2D eigenvalue weighted by Crippen LogP contribution is 2.29. The summed E-state index contributed by atoms with van der Waals surface area (Å²) in [7, 11) is 0. The lowest BCUT2D eigenvalue weighted by molar-refractivity contribution is 0.104. The number of pyridine rings is 1. The number of aromatic nitrogens is 1. The van der Waals surface area contributed by atoms with Gasteiger partial charge in [-0.15, -0.1) is 23.5 Å². The van der Waals surface area contributed by atoms with E-state index in [0.29, 0.717) is 5.69 Å². The normalized spacial score (nSPS) is 10.1. The standard InChI is InChI=1S/C14H19NOS2/c1-3-9-17-14(18-10-4-2)11-13(16)12-7-5-6-8-15-12/h5-8,11H,3-4,9-10H2,1-2H3. The Hall–Kier alpha value is -0.740. The van der Waals surface area contributed by atoms with E-state index in [1.54, 1.807) is 41.9 Å². The van der Waals surface area contributed by atoms with Gasteiger partial charge in [0.25, 0.3) is 0 Å². The van der Waals surface area contributed by atoms with Gasteiger partial charge in [0.15, 0.2) is 0 Å². The molecule has 0 amide bonds. The SMILES string of the molecule is CCCSC(=CC(=O)c1ccccn1)SCCC. The molecule has 0 radical (unpaired) electrons. The summed E-state index contributed by atoms with van der Waals surface area (Å²) in [5.41, 5.74) is 0.518. The topological polar surface area (TPSA) is 30.0 Å². The van der Waals surface area contributed by atoms with Crippen molar-refractivity contribution in [3.8, 4) is 0 Å². The van der Waals surface area contributed by atoms with E-state index in [9.17, 15) is 4.79 Å². The van der Waals surface area contributed by atoms with Crippen LogP contribution in [0, 0.1) is 0 Å². The summed E-state index contributed by atoms with van der Waals surface area (Å²) >= 11 is 3.52. The van der Waals surface area contributed by atoms with Gasteiger partial charge in [0.1, 0.15) is 5.69 Å². The second-order valence-corrected chi connectivity index (χ2v) is 6.27. The minimum absolute atomic E-state index is 0.00203. The van der Waals surface area contributed by atoms with E-state index in [4.69, 9.17) is 0 Å². The summed E-state index contributed by atoms with van der Waals surface area (Å²) in [6.45, 7) is 4.30. The van der Waals surface area contributed by atoms with Crippen molar-refractivity contribution in [2.75, 3.05) is 11.5 Å². The summed E-state index contributed by atoms with van der Waals surface area (Å²) in [6.07, 6.45) is 5.61. The van der Waals surface area contributed by atoms with E-state index in [2.05, 4.69) is 18.8 Å². The van der Waals surface area contributed by atoms with Crippen molar-refractivity contribution in [3.05, 3.63) is 40.4 Å². The zero-order valence-corrected chi connectivity index (χ0v) is 12.5. The molecule has 0 saturated carbocycles. The van der Waals surface area contributed by atoms with Gasteiger partial charge in [0.2, 0.25) is 5.78 Å². The van der Waals surface area contributed by atoms with Gasteiger partial charge in [-0.3, -0.25) is 9.78 Å². The summed E-state index contributed by atoms with van der Waals surface area (Å²) in [4.78, 5) is 16.1. The van der Waals surface area contributed by atoms with Crippen LogP contribution in [0.1, 0.15) is 37.2 Å². The van der Waals surface area contributed by atoms with Gasteiger partial charge in [-0.25, -0.2) is 0 Å². The number of carbonyl (C=O) groups is 1. The molecule has 0 aromatic carbocycles. The molecule has 0 aliphatic heterocycles. The third-order valence-electron chi connectivity index (χ3n) is 2.06. The highest BCUT2D eigenvalue weighted by atomic mass is 32.2. The molecule has 1 heterocycles. The van der Waals surface area contributed by atoms with Crippen LogP contribution in [0.3, 0.4) is 0 Å². The monoisotopic (exact) mass is 281 g/mol. The van der Waals surface area contributed by atoms with Gasteiger partial charge in [0, 0.05) is 16.5 Å². The van der Waals surface area contributed by atoms with Crippen LogP contribution in [-0.4, -0.2) is 22.3 Å². The molecule has 0 atom stereocenters. The average molecular weight is 281 g/mol. The second kappa shape index (κ2) is 9.22. The molecule has 0 aliphatic carbocycles. The van der Waals surface area contributed by atoms with Crippen LogP contribution in [0.5, 0.6) is 0 Å². The highest BCUT2D eigenvalue weighted by molar-refractivity contribution is 8.22. The van der Waals surface area contributed by atoms with Crippen LogP contribution in [0.2, 0.25) is 0 Å². The lowest BCUT2D eigenvalue weighted by atomic mass is 10.2. The van der Waals surface area contributed by atoms with Crippen molar-refractivity contribution >= 4 is 29.3 Å². The average Bonchev–Trinajstić information content (AvgIpc) is 2.42. The van der Waals surface area contributed by atoms with Crippen LogP contribution in [-0.2, 0) is 0 Å². The molecule has 1 rings (SSSR count). The third kappa shape index (κ3) is 5.74. The van der Waals surface area contributed by atoms with E-state index in [1.807, 2.05) is 12.1 Å². The van der Waals surface area contributed by atoms with Crippen molar-refractivity contribution in [2.24, 2.45) is 0 Å². The number of hydrogen-bond donors (Lipinski definition) is 0. The van der Waals surface area contributed by atoms with Crippen LogP contribution in [0.25, 0.3) is 0 Å². The summed E-state index contributed by atoms with van der Waals surface area (Å²) in [6, 6.07) is 5.41. The minimum Gasteiger partial charge on any atom is -0.287 e. The van der Waals surface area contributed by atoms with Crippen molar-refractivity contribution in [1.82, 2.24) is 4.98 Å². The molecule has 0 spiro atoms. The quantitative estimate of drug-likeness (QED) is 0.522. The number of thioether (sulfide) groups is 2. The third-order valence-corrected chi connectivity index (χ3v) is 4.80. The van der Waals surface area contributed by atoms with Gasteiger partial charge in [-0.1, -0.05) is 19.9 Å². The molecular formula is C14H19NOS2. The maximum absolute atomic E-state index is 12.0. The molecule has 1 aromatic heterocycles. The fourth-order valence-electron chi connectivity index (χ4n) is 1.22. The van der Waals surface area contributed by atoms with E-state index >= 15 is 0 Å². The lowest BCUT2D eigenvalue weighted by Crippen LogP contribution is -1.98. The number of nitrogens with zero attached hydrogens (tertiary/aromatic N) is 1. The van der Waals surface area contributed by atoms with Gasteiger partial charge in [-0.05, 0) is 36.5 Å². The van der Waals surface area contributed by atoms with Crippen LogP contribution >= 0.6 is 23.5 Å². The maximum atomic E-state index is 12.0.